The van der Waals surface area contributed by atoms with Gasteiger partial charge in [0.05, 0.1) is 0 Å². The van der Waals surface area contributed by atoms with E-state index in [9.17, 15) is 14.4 Å². The van der Waals surface area contributed by atoms with Gasteiger partial charge in [-0.15, -0.1) is 0 Å². The van der Waals surface area contributed by atoms with Gasteiger partial charge < -0.3 is 0 Å². The summed E-state index contributed by atoms with van der Waals surface area (Å²) in [4.78, 5) is 39.7. The zero-order valence-corrected chi connectivity index (χ0v) is 19.4. The number of carbonyl (C=O) groups is 3. The van der Waals surface area contributed by atoms with Gasteiger partial charge in [0.2, 0.25) is 0 Å². The number of halogens is 1. The summed E-state index contributed by atoms with van der Waals surface area (Å²) in [6.45, 7) is 5.53. The molecule has 146 valence electrons. The molecular weight excluding hydrogens is 474 g/mol. The van der Waals surface area contributed by atoms with Crippen LogP contribution in [0.4, 0.5) is 2.87 Å². The molecule has 0 atom stereocenters. The summed E-state index contributed by atoms with van der Waals surface area (Å²) in [7, 11) is 0. The standard InChI is InChI=1S/3C8H7O.FH.Sn/c3*1-7-2-4-8(6-9)5-3-7;;/h3*2-5H,1H3;1H;/q;;;;+1/p-1. The van der Waals surface area contributed by atoms with Crippen molar-refractivity contribution in [3.63, 3.8) is 0 Å². The predicted molar refractivity (Wildman–Crippen MR) is 113 cm³/mol. The zero-order valence-electron chi connectivity index (χ0n) is 16.5. The molecular formula is C24H21FO3Sn. The third-order valence-corrected chi connectivity index (χ3v) is 12.7. The minimum atomic E-state index is -6.23. The van der Waals surface area contributed by atoms with Gasteiger partial charge in [0, 0.05) is 0 Å². The molecule has 0 amide bonds. The summed E-state index contributed by atoms with van der Waals surface area (Å²) in [6, 6.07) is 18.9. The van der Waals surface area contributed by atoms with Crippen molar-refractivity contribution in [1.82, 2.24) is 0 Å². The molecule has 0 saturated carbocycles. The van der Waals surface area contributed by atoms with Crippen molar-refractivity contribution in [3.8, 4) is 0 Å². The molecule has 5 heteroatoms. The Hall–Kier alpha value is -2.60. The molecule has 0 fully saturated rings. The van der Waals surface area contributed by atoms with E-state index in [-0.39, 0.29) is 16.7 Å². The Morgan fingerprint density at radius 3 is 0.931 bits per heavy atom. The summed E-state index contributed by atoms with van der Waals surface area (Å²) in [5.41, 5.74) is 2.89. The van der Waals surface area contributed by atoms with Crippen molar-refractivity contribution in [3.05, 3.63) is 106 Å². The zero-order chi connectivity index (χ0) is 21.2. The molecule has 0 bridgehead atoms. The molecule has 3 rings (SSSR count). The van der Waals surface area contributed by atoms with Crippen LogP contribution in [0, 0.1) is 20.8 Å². The number of benzene rings is 3. The summed E-state index contributed by atoms with van der Waals surface area (Å²) < 4.78 is 13.6. The number of aryl methyl sites for hydroxylation is 3. The quantitative estimate of drug-likeness (QED) is 0.448. The van der Waals surface area contributed by atoms with Crippen LogP contribution in [-0.2, 0) is 0 Å². The van der Waals surface area contributed by atoms with E-state index < -0.39 is 30.3 Å². The monoisotopic (exact) mass is 496 g/mol. The normalized spacial score (nSPS) is 11.2. The molecule has 0 N–H and O–H groups in total. The molecule has 0 aliphatic carbocycles. The van der Waals surface area contributed by atoms with Gasteiger partial charge >= 0.3 is 175 Å². The van der Waals surface area contributed by atoms with E-state index in [4.69, 9.17) is 0 Å². The third kappa shape index (κ3) is 4.22. The maximum absolute atomic E-state index is 16.5. The Labute approximate surface area is 174 Å². The first-order valence-corrected chi connectivity index (χ1v) is 14.6. The fourth-order valence-corrected chi connectivity index (χ4v) is 9.62. The van der Waals surface area contributed by atoms with Crippen LogP contribution in [0.3, 0.4) is 0 Å². The molecule has 3 aromatic carbocycles. The molecule has 0 radical (unpaired) electrons. The van der Waals surface area contributed by atoms with E-state index in [0.717, 1.165) is 16.7 Å². The van der Waals surface area contributed by atoms with Crippen LogP contribution >= 0.6 is 0 Å². The number of carbonyl (C=O) groups excluding carboxylic acids is 3. The van der Waals surface area contributed by atoms with Crippen LogP contribution < -0.4 is 0 Å². The second-order valence-corrected chi connectivity index (χ2v) is 14.9. The number of hydrogen-bond acceptors (Lipinski definition) is 3. The van der Waals surface area contributed by atoms with E-state index in [0.29, 0.717) is 0 Å². The second-order valence-electron chi connectivity index (χ2n) is 7.24. The van der Waals surface area contributed by atoms with E-state index >= 15 is 2.87 Å². The molecule has 3 aromatic rings. The van der Waals surface area contributed by atoms with E-state index in [1.54, 1.807) is 36.4 Å². The van der Waals surface area contributed by atoms with Crippen LogP contribution in [0.15, 0.2) is 72.8 Å². The first-order chi connectivity index (χ1) is 13.7. The Morgan fingerprint density at radius 2 is 0.724 bits per heavy atom. The second kappa shape index (κ2) is 8.41. The predicted octanol–water partition coefficient (Wildman–Crippen LogP) is 5.09. The maximum atomic E-state index is 16.5. The molecule has 0 aliphatic rings. The molecule has 0 aliphatic heterocycles. The molecule has 29 heavy (non-hydrogen) atoms. The Morgan fingerprint density at radius 1 is 0.517 bits per heavy atom. The van der Waals surface area contributed by atoms with Gasteiger partial charge in [-0.3, -0.25) is 0 Å². The van der Waals surface area contributed by atoms with Gasteiger partial charge in [0.1, 0.15) is 0 Å². The molecule has 0 saturated heterocycles. The van der Waals surface area contributed by atoms with Crippen LogP contribution in [0.25, 0.3) is 0 Å². The number of rotatable bonds is 6. The van der Waals surface area contributed by atoms with Gasteiger partial charge in [-0.1, -0.05) is 0 Å². The number of hydrogen-bond donors (Lipinski definition) is 0. The van der Waals surface area contributed by atoms with Crippen molar-refractivity contribution in [2.45, 2.75) is 20.8 Å². The van der Waals surface area contributed by atoms with Gasteiger partial charge in [0.25, 0.3) is 0 Å². The fourth-order valence-electron chi connectivity index (χ4n) is 3.02. The van der Waals surface area contributed by atoms with Crippen LogP contribution in [0.1, 0.15) is 47.8 Å². The SMILES string of the molecule is Cc1ccc([C](=O)[Sn]([F])([C](=O)c2ccc(C)cc2)[C](=O)c2ccc(C)cc2)cc1. The van der Waals surface area contributed by atoms with Crippen molar-refractivity contribution < 1.29 is 17.3 Å². The van der Waals surface area contributed by atoms with Crippen molar-refractivity contribution in [2.24, 2.45) is 0 Å². The van der Waals surface area contributed by atoms with Crippen LogP contribution in [0.5, 0.6) is 0 Å². The molecule has 0 unspecified atom stereocenters. The Balaban J connectivity index is 2.13. The Bertz CT molecular complexity index is 929. The van der Waals surface area contributed by atoms with Crippen molar-refractivity contribution >= 4 is 30.3 Å². The Kier molecular flexibility index (Phi) is 6.12. The van der Waals surface area contributed by atoms with Crippen molar-refractivity contribution in [1.29, 1.82) is 0 Å². The summed E-state index contributed by atoms with van der Waals surface area (Å²) in [6.07, 6.45) is 0. The average molecular weight is 495 g/mol. The summed E-state index contributed by atoms with van der Waals surface area (Å²) in [5, 5.41) is 0. The first-order valence-electron chi connectivity index (χ1n) is 9.27. The van der Waals surface area contributed by atoms with E-state index in [1.807, 2.05) is 20.8 Å². The minimum absolute atomic E-state index is 0.0647. The first kappa shape index (κ1) is 21.1. The summed E-state index contributed by atoms with van der Waals surface area (Å²) in [5.74, 6) is 0. The molecule has 0 heterocycles. The third-order valence-electron chi connectivity index (χ3n) is 4.88. The van der Waals surface area contributed by atoms with E-state index in [2.05, 4.69) is 0 Å². The molecule has 0 spiro atoms. The van der Waals surface area contributed by atoms with Gasteiger partial charge in [-0.25, -0.2) is 0 Å². The van der Waals surface area contributed by atoms with E-state index in [1.165, 1.54) is 36.4 Å². The topological polar surface area (TPSA) is 51.2 Å². The summed E-state index contributed by atoms with van der Waals surface area (Å²) >= 11 is -6.23. The molecule has 3 nitrogen and oxygen atoms in total. The van der Waals surface area contributed by atoms with Gasteiger partial charge in [0.15, 0.2) is 0 Å². The van der Waals surface area contributed by atoms with Crippen molar-refractivity contribution in [2.75, 3.05) is 0 Å². The van der Waals surface area contributed by atoms with Gasteiger partial charge in [-0.2, -0.15) is 0 Å². The van der Waals surface area contributed by atoms with Crippen LogP contribution in [-0.4, -0.2) is 30.3 Å². The average Bonchev–Trinajstić information content (AvgIpc) is 2.73. The fraction of sp³-hybridized carbons (Fsp3) is 0.125. The molecule has 0 aromatic heterocycles. The van der Waals surface area contributed by atoms with Gasteiger partial charge in [-0.05, 0) is 0 Å². The van der Waals surface area contributed by atoms with Crippen LogP contribution in [0.2, 0.25) is 0 Å².